The summed E-state index contributed by atoms with van der Waals surface area (Å²) in [6.07, 6.45) is 2.91. The zero-order valence-electron chi connectivity index (χ0n) is 17.8. The van der Waals surface area contributed by atoms with Gasteiger partial charge in [-0.3, -0.25) is 14.6 Å². The Morgan fingerprint density at radius 2 is 2.00 bits per heavy atom. The van der Waals surface area contributed by atoms with Gasteiger partial charge in [-0.1, -0.05) is 26.0 Å². The normalized spacial score (nSPS) is 28.2. The second-order valence-electron chi connectivity index (χ2n) is 9.37. The van der Waals surface area contributed by atoms with E-state index in [9.17, 15) is 14.7 Å². The van der Waals surface area contributed by atoms with Crippen LogP contribution in [0.2, 0.25) is 0 Å². The smallest absolute Gasteiger partial charge is 0.315 e. The summed E-state index contributed by atoms with van der Waals surface area (Å²) in [6, 6.07) is 6.72. The van der Waals surface area contributed by atoms with Crippen LogP contribution >= 0.6 is 0 Å². The molecule has 30 heavy (non-hydrogen) atoms. The van der Waals surface area contributed by atoms with Gasteiger partial charge in [0, 0.05) is 35.9 Å². The van der Waals surface area contributed by atoms with Gasteiger partial charge in [-0.05, 0) is 49.3 Å². The Kier molecular flexibility index (Phi) is 5.53. The van der Waals surface area contributed by atoms with Crippen LogP contribution in [0.25, 0.3) is 0 Å². The number of allylic oxidation sites excluding steroid dienone is 2. The second-order valence-corrected chi connectivity index (χ2v) is 9.37. The third-order valence-corrected chi connectivity index (χ3v) is 6.24. The van der Waals surface area contributed by atoms with Crippen LogP contribution < -0.4 is 0 Å². The third-order valence-electron chi connectivity index (χ3n) is 6.24. The molecule has 160 valence electrons. The average Bonchev–Trinajstić information content (AvgIpc) is 3.18. The molecule has 1 aliphatic carbocycles. The van der Waals surface area contributed by atoms with Crippen LogP contribution in [0.3, 0.4) is 0 Å². The van der Waals surface area contributed by atoms with Gasteiger partial charge in [0.2, 0.25) is 0 Å². The van der Waals surface area contributed by atoms with Crippen molar-refractivity contribution in [1.29, 1.82) is 0 Å². The molecule has 3 aliphatic rings. The molecule has 0 amide bonds. The van der Waals surface area contributed by atoms with Crippen LogP contribution in [-0.2, 0) is 19.1 Å². The lowest BCUT2D eigenvalue weighted by Gasteiger charge is -2.39. The summed E-state index contributed by atoms with van der Waals surface area (Å²) >= 11 is 0. The van der Waals surface area contributed by atoms with Gasteiger partial charge in [0.25, 0.3) is 0 Å². The van der Waals surface area contributed by atoms with Crippen molar-refractivity contribution >= 4 is 17.5 Å². The molecule has 1 aromatic rings. The number of rotatable bonds is 4. The fourth-order valence-electron chi connectivity index (χ4n) is 4.83. The minimum absolute atomic E-state index is 0.0347. The predicted molar refractivity (Wildman–Crippen MR) is 112 cm³/mol. The number of hydrogen-bond donors (Lipinski definition) is 1. The van der Waals surface area contributed by atoms with Crippen LogP contribution in [0.15, 0.2) is 40.5 Å². The first-order valence-electron chi connectivity index (χ1n) is 10.6. The van der Waals surface area contributed by atoms with Gasteiger partial charge in [0.15, 0.2) is 5.78 Å². The highest BCUT2D eigenvalue weighted by molar-refractivity contribution is 6.09. The molecular weight excluding hydrogens is 382 g/mol. The summed E-state index contributed by atoms with van der Waals surface area (Å²) in [7, 11) is 0. The van der Waals surface area contributed by atoms with Crippen LogP contribution in [0, 0.1) is 11.3 Å². The molecular formula is C24H29NO5. The third kappa shape index (κ3) is 4.06. The van der Waals surface area contributed by atoms with Crippen LogP contribution in [0.5, 0.6) is 5.75 Å². The van der Waals surface area contributed by atoms with Crippen molar-refractivity contribution < 1.29 is 24.2 Å². The summed E-state index contributed by atoms with van der Waals surface area (Å²) in [5.74, 6) is -1.33. The molecule has 0 bridgehead atoms. The number of benzene rings is 1. The number of ketones is 1. The quantitative estimate of drug-likeness (QED) is 0.759. The van der Waals surface area contributed by atoms with E-state index in [2.05, 4.69) is 13.8 Å². The van der Waals surface area contributed by atoms with E-state index in [0.29, 0.717) is 30.7 Å². The van der Waals surface area contributed by atoms with E-state index in [-0.39, 0.29) is 35.6 Å². The van der Waals surface area contributed by atoms with Gasteiger partial charge in [-0.15, -0.1) is 0 Å². The van der Waals surface area contributed by atoms with Crippen molar-refractivity contribution in [2.45, 2.75) is 58.5 Å². The highest BCUT2D eigenvalue weighted by atomic mass is 16.6. The van der Waals surface area contributed by atoms with E-state index >= 15 is 0 Å². The zero-order valence-corrected chi connectivity index (χ0v) is 17.8. The Morgan fingerprint density at radius 1 is 1.27 bits per heavy atom. The van der Waals surface area contributed by atoms with Gasteiger partial charge < -0.3 is 14.6 Å². The van der Waals surface area contributed by atoms with Crippen molar-refractivity contribution in [3.05, 3.63) is 41.1 Å². The molecule has 3 atom stereocenters. The van der Waals surface area contributed by atoms with E-state index in [1.807, 2.05) is 6.92 Å². The average molecular weight is 411 g/mol. The van der Waals surface area contributed by atoms with E-state index < -0.39 is 11.8 Å². The molecule has 1 N–H and O–H groups in total. The van der Waals surface area contributed by atoms with Gasteiger partial charge in [-0.2, -0.15) is 0 Å². The largest absolute Gasteiger partial charge is 0.508 e. The number of carbonyl (C=O) groups excluding carboxylic acids is 2. The number of esters is 1. The van der Waals surface area contributed by atoms with E-state index in [0.717, 1.165) is 24.1 Å². The number of hydrogen-bond acceptors (Lipinski definition) is 6. The lowest BCUT2D eigenvalue weighted by atomic mass is 9.67. The molecule has 6 nitrogen and oxygen atoms in total. The Bertz CT molecular complexity index is 906. The maximum absolute atomic E-state index is 13.2. The summed E-state index contributed by atoms with van der Waals surface area (Å²) in [5, 5.41) is 9.73. The number of ether oxygens (including phenoxy) is 2. The maximum Gasteiger partial charge on any atom is 0.315 e. The van der Waals surface area contributed by atoms with Gasteiger partial charge >= 0.3 is 5.97 Å². The summed E-state index contributed by atoms with van der Waals surface area (Å²) < 4.78 is 11.2. The van der Waals surface area contributed by atoms with Gasteiger partial charge in [0.05, 0.1) is 6.10 Å². The lowest BCUT2D eigenvalue weighted by molar-refractivity contribution is -0.149. The number of aliphatic imine (C=N–C) groups is 1. The number of nitrogens with zero attached hydrogens (tertiary/aromatic N) is 1. The minimum atomic E-state index is -0.667. The highest BCUT2D eigenvalue weighted by Gasteiger charge is 2.46. The zero-order chi connectivity index (χ0) is 21.5. The Hall–Kier alpha value is -2.47. The summed E-state index contributed by atoms with van der Waals surface area (Å²) in [4.78, 5) is 31.1. The molecule has 2 aliphatic heterocycles. The minimum Gasteiger partial charge on any atom is -0.508 e. The molecule has 1 fully saturated rings. The van der Waals surface area contributed by atoms with Crippen molar-refractivity contribution in [3.63, 3.8) is 0 Å². The van der Waals surface area contributed by atoms with Gasteiger partial charge in [-0.25, -0.2) is 0 Å². The highest BCUT2D eigenvalue weighted by Crippen LogP contribution is 2.48. The first-order valence-corrected chi connectivity index (χ1v) is 10.6. The van der Waals surface area contributed by atoms with E-state index in [1.54, 1.807) is 24.3 Å². The number of carbonyl (C=O) groups is 2. The maximum atomic E-state index is 13.2. The SMILES string of the molecule is CC1=NC2=C(C(=O)CC(C)(C)C2)[C@@H](c2ccc(O)cc2)C1C(=O)OC[C@@H]1CCCO1. The summed E-state index contributed by atoms with van der Waals surface area (Å²) in [6.45, 7) is 6.88. The number of Topliss-reactive ketones (excluding diaryl/α,β-unsaturated/α-hetero) is 1. The summed E-state index contributed by atoms with van der Waals surface area (Å²) in [5.41, 5.74) is 2.70. The standard InChI is InChI=1S/C24H29NO5/c1-14-20(23(28)30-13-17-5-4-10-29-17)21(15-6-8-16(26)9-7-15)22-18(25-14)11-24(2,3)12-19(22)27/h6-9,17,20-21,26H,4-5,10-13H2,1-3H3/t17-,20?,21-/m0/s1. The topological polar surface area (TPSA) is 85.2 Å². The Labute approximate surface area is 177 Å². The van der Waals surface area contributed by atoms with Crippen molar-refractivity contribution in [3.8, 4) is 5.75 Å². The molecule has 0 radical (unpaired) electrons. The second kappa shape index (κ2) is 7.99. The molecule has 1 aromatic carbocycles. The molecule has 0 spiro atoms. The Balaban J connectivity index is 1.70. The van der Waals surface area contributed by atoms with Crippen LogP contribution in [0.1, 0.15) is 57.9 Å². The van der Waals surface area contributed by atoms with E-state index in [1.165, 1.54) is 0 Å². The first-order chi connectivity index (χ1) is 14.2. The fraction of sp³-hybridized carbons (Fsp3) is 0.542. The lowest BCUT2D eigenvalue weighted by Crippen LogP contribution is -2.40. The Morgan fingerprint density at radius 3 is 2.67 bits per heavy atom. The van der Waals surface area contributed by atoms with Crippen molar-refractivity contribution in [2.24, 2.45) is 16.3 Å². The molecule has 0 aromatic heterocycles. The van der Waals surface area contributed by atoms with Gasteiger partial charge in [0.1, 0.15) is 18.3 Å². The molecule has 1 saturated heterocycles. The molecule has 6 heteroatoms. The van der Waals surface area contributed by atoms with E-state index in [4.69, 9.17) is 14.5 Å². The predicted octanol–water partition coefficient (Wildman–Crippen LogP) is 3.93. The molecule has 4 rings (SSSR count). The van der Waals surface area contributed by atoms with Crippen LogP contribution in [-0.4, -0.2) is 41.9 Å². The van der Waals surface area contributed by atoms with Crippen molar-refractivity contribution in [2.75, 3.05) is 13.2 Å². The molecule has 1 unspecified atom stereocenters. The fourth-order valence-corrected chi connectivity index (χ4v) is 4.83. The number of aromatic hydroxyl groups is 1. The first kappa shape index (κ1) is 20.8. The molecule has 2 heterocycles. The number of phenols is 1. The van der Waals surface area contributed by atoms with Crippen LogP contribution in [0.4, 0.5) is 0 Å². The number of phenolic OH excluding ortho intramolecular Hbond substituents is 1. The molecule has 0 saturated carbocycles. The van der Waals surface area contributed by atoms with Crippen molar-refractivity contribution in [1.82, 2.24) is 0 Å². The monoisotopic (exact) mass is 411 g/mol.